The molecule has 21 heavy (non-hydrogen) atoms. The van der Waals surface area contributed by atoms with Gasteiger partial charge in [0.15, 0.2) is 0 Å². The summed E-state index contributed by atoms with van der Waals surface area (Å²) in [5, 5.41) is 0. The molecule has 0 radical (unpaired) electrons. The van der Waals surface area contributed by atoms with Crippen LogP contribution in [0.5, 0.6) is 0 Å². The van der Waals surface area contributed by atoms with E-state index in [9.17, 15) is 13.2 Å². The molecule has 0 spiro atoms. The molecule has 0 aliphatic carbocycles. The van der Waals surface area contributed by atoms with E-state index in [-0.39, 0.29) is 4.90 Å². The molecule has 2 rings (SSSR count). The van der Waals surface area contributed by atoms with Crippen molar-refractivity contribution in [1.29, 1.82) is 0 Å². The minimum atomic E-state index is -3.68. The Kier molecular flexibility index (Phi) is 5.18. The third kappa shape index (κ3) is 3.36. The van der Waals surface area contributed by atoms with Gasteiger partial charge < -0.3 is 9.88 Å². The van der Waals surface area contributed by atoms with E-state index < -0.39 is 15.5 Å². The second-order valence-corrected chi connectivity index (χ2v) is 7.14. The maximum atomic E-state index is 12.5. The lowest BCUT2D eigenvalue weighted by molar-refractivity contribution is 0.152. The highest BCUT2D eigenvalue weighted by Gasteiger charge is 2.32. The molecular formula is C14H23N3O3S. The van der Waals surface area contributed by atoms with Crippen molar-refractivity contribution in [2.45, 2.75) is 37.6 Å². The molecule has 118 valence electrons. The molecular weight excluding hydrogens is 290 g/mol. The molecule has 0 saturated carbocycles. The van der Waals surface area contributed by atoms with E-state index in [0.29, 0.717) is 19.1 Å². The summed E-state index contributed by atoms with van der Waals surface area (Å²) in [7, 11) is -3.68. The lowest BCUT2D eigenvalue weighted by Gasteiger charge is -2.36. The fourth-order valence-electron chi connectivity index (χ4n) is 2.93. The molecule has 1 saturated heterocycles. The number of H-pyrrole nitrogens is 1. The van der Waals surface area contributed by atoms with Crippen LogP contribution in [-0.2, 0) is 10.0 Å². The van der Waals surface area contributed by atoms with Gasteiger partial charge in [0.25, 0.3) is 0 Å². The molecule has 1 aromatic rings. The molecule has 0 unspecified atom stereocenters. The number of hydrogen-bond acceptors (Lipinski definition) is 4. The largest absolute Gasteiger partial charge is 0.366 e. The van der Waals surface area contributed by atoms with Crippen LogP contribution in [0.3, 0.4) is 0 Å². The van der Waals surface area contributed by atoms with Crippen molar-refractivity contribution >= 4 is 10.0 Å². The van der Waals surface area contributed by atoms with Gasteiger partial charge in [0.05, 0.1) is 0 Å². The van der Waals surface area contributed by atoms with Crippen LogP contribution in [0.4, 0.5) is 0 Å². The Bertz CT molecular complexity index is 614. The van der Waals surface area contributed by atoms with Crippen molar-refractivity contribution in [2.75, 3.05) is 26.2 Å². The average molecular weight is 313 g/mol. The van der Waals surface area contributed by atoms with Gasteiger partial charge in [-0.3, -0.25) is 4.79 Å². The van der Waals surface area contributed by atoms with Gasteiger partial charge in [-0.15, -0.1) is 0 Å². The number of pyridine rings is 1. The second kappa shape index (κ2) is 6.72. The Morgan fingerprint density at radius 2 is 1.90 bits per heavy atom. The zero-order valence-electron chi connectivity index (χ0n) is 12.6. The van der Waals surface area contributed by atoms with E-state index in [1.165, 1.54) is 22.8 Å². The van der Waals surface area contributed by atoms with Crippen LogP contribution in [0, 0.1) is 0 Å². The quantitative estimate of drug-likeness (QED) is 0.875. The van der Waals surface area contributed by atoms with Crippen LogP contribution in [0.2, 0.25) is 0 Å². The van der Waals surface area contributed by atoms with E-state index in [1.54, 1.807) is 0 Å². The summed E-state index contributed by atoms with van der Waals surface area (Å²) in [6.45, 7) is 7.14. The lowest BCUT2D eigenvalue weighted by atomic mass is 10.1. The Hall–Kier alpha value is -1.18. The first-order chi connectivity index (χ1) is 10.0. The molecule has 0 atom stereocenters. The van der Waals surface area contributed by atoms with Gasteiger partial charge in [-0.25, -0.2) is 8.42 Å². The lowest BCUT2D eigenvalue weighted by Crippen LogP contribution is -2.47. The molecule has 1 aliphatic heterocycles. The molecule has 0 bridgehead atoms. The van der Waals surface area contributed by atoms with E-state index >= 15 is 0 Å². The fraction of sp³-hybridized carbons (Fsp3) is 0.643. The number of aromatic nitrogens is 1. The van der Waals surface area contributed by atoms with Crippen LogP contribution in [0.25, 0.3) is 0 Å². The predicted octanol–water partition coefficient (Wildman–Crippen LogP) is 0.870. The van der Waals surface area contributed by atoms with Gasteiger partial charge in [-0.2, -0.15) is 4.31 Å². The van der Waals surface area contributed by atoms with E-state index in [0.717, 1.165) is 25.9 Å². The first kappa shape index (κ1) is 16.2. The summed E-state index contributed by atoms with van der Waals surface area (Å²) in [5.74, 6) is 0. The number of rotatable bonds is 5. The highest BCUT2D eigenvalue weighted by atomic mass is 32.2. The maximum Gasteiger partial charge on any atom is 0.248 e. The van der Waals surface area contributed by atoms with E-state index in [1.807, 2.05) is 0 Å². The molecule has 0 amide bonds. The number of sulfonamides is 1. The number of nitrogens with one attached hydrogen (secondary N) is 1. The minimum Gasteiger partial charge on any atom is -0.366 e. The first-order valence-electron chi connectivity index (χ1n) is 7.42. The minimum absolute atomic E-state index is 0.161. The Morgan fingerprint density at radius 1 is 1.29 bits per heavy atom. The topological polar surface area (TPSA) is 73.5 Å². The standard InChI is InChI=1S/C14H23N3O3S/c1-3-16(4-2)12-6-9-17(10-7-12)21(19,20)14-11-15-8-5-13(14)18/h5,8,11-12H,3-4,6-7,9-10H2,1-2H3,(H,15,18). The van der Waals surface area contributed by atoms with E-state index in [4.69, 9.17) is 0 Å². The average Bonchev–Trinajstić information content (AvgIpc) is 2.49. The van der Waals surface area contributed by atoms with E-state index in [2.05, 4.69) is 23.7 Å². The van der Waals surface area contributed by atoms with Gasteiger partial charge in [0, 0.05) is 37.6 Å². The summed E-state index contributed by atoms with van der Waals surface area (Å²) in [6.07, 6.45) is 4.33. The zero-order chi connectivity index (χ0) is 15.5. The normalized spacial score (nSPS) is 18.2. The van der Waals surface area contributed by atoms with Gasteiger partial charge in [-0.05, 0) is 25.9 Å². The highest BCUT2D eigenvalue weighted by Crippen LogP contribution is 2.21. The van der Waals surface area contributed by atoms with Gasteiger partial charge >= 0.3 is 0 Å². The summed E-state index contributed by atoms with van der Waals surface area (Å²) >= 11 is 0. The van der Waals surface area contributed by atoms with Crippen LogP contribution >= 0.6 is 0 Å². The summed E-state index contributed by atoms with van der Waals surface area (Å²) in [5.41, 5.74) is -0.459. The van der Waals surface area contributed by atoms with Gasteiger partial charge in [-0.1, -0.05) is 13.8 Å². The SMILES string of the molecule is CCN(CC)C1CCN(S(=O)(=O)c2c[nH]ccc2=O)CC1. The number of nitrogens with zero attached hydrogens (tertiary/aromatic N) is 2. The van der Waals surface area contributed by atoms with Crippen LogP contribution in [0.1, 0.15) is 26.7 Å². The van der Waals surface area contributed by atoms with Crippen LogP contribution < -0.4 is 5.43 Å². The first-order valence-corrected chi connectivity index (χ1v) is 8.86. The third-order valence-corrected chi connectivity index (χ3v) is 6.08. The fourth-order valence-corrected chi connectivity index (χ4v) is 4.44. The van der Waals surface area contributed by atoms with Crippen molar-refractivity contribution in [2.24, 2.45) is 0 Å². The molecule has 1 fully saturated rings. The van der Waals surface area contributed by atoms with Crippen LogP contribution in [-0.4, -0.2) is 54.8 Å². The Morgan fingerprint density at radius 3 is 2.43 bits per heavy atom. The van der Waals surface area contributed by atoms with Crippen molar-refractivity contribution in [3.05, 3.63) is 28.7 Å². The summed E-state index contributed by atoms with van der Waals surface area (Å²) < 4.78 is 26.5. The smallest absolute Gasteiger partial charge is 0.248 e. The van der Waals surface area contributed by atoms with Gasteiger partial charge in [0.1, 0.15) is 4.90 Å². The molecule has 1 N–H and O–H groups in total. The van der Waals surface area contributed by atoms with Gasteiger partial charge in [0.2, 0.25) is 15.5 Å². The molecule has 0 aromatic carbocycles. The van der Waals surface area contributed by atoms with Crippen molar-refractivity contribution in [3.8, 4) is 0 Å². The second-order valence-electron chi connectivity index (χ2n) is 5.23. The van der Waals surface area contributed by atoms with Crippen molar-refractivity contribution in [1.82, 2.24) is 14.2 Å². The highest BCUT2D eigenvalue weighted by molar-refractivity contribution is 7.89. The zero-order valence-corrected chi connectivity index (χ0v) is 13.4. The molecule has 1 aliphatic rings. The third-order valence-electron chi connectivity index (χ3n) is 4.16. The number of hydrogen-bond donors (Lipinski definition) is 1. The van der Waals surface area contributed by atoms with Crippen molar-refractivity contribution in [3.63, 3.8) is 0 Å². The maximum absolute atomic E-state index is 12.5. The Labute approximate surface area is 125 Å². The molecule has 6 nitrogen and oxygen atoms in total. The predicted molar refractivity (Wildman–Crippen MR) is 81.8 cm³/mol. The number of piperidine rings is 1. The molecule has 1 aromatic heterocycles. The summed E-state index contributed by atoms with van der Waals surface area (Å²) in [4.78, 5) is 16.6. The van der Waals surface area contributed by atoms with Crippen LogP contribution in [0.15, 0.2) is 28.2 Å². The molecule has 7 heteroatoms. The summed E-state index contributed by atoms with van der Waals surface area (Å²) in [6, 6.07) is 1.68. The Balaban J connectivity index is 2.12. The molecule has 2 heterocycles. The monoisotopic (exact) mass is 313 g/mol. The number of aromatic amines is 1. The van der Waals surface area contributed by atoms with Crippen molar-refractivity contribution < 1.29 is 8.42 Å².